The van der Waals surface area contributed by atoms with Gasteiger partial charge >= 0.3 is 6.18 Å². The van der Waals surface area contributed by atoms with Crippen LogP contribution in [0.4, 0.5) is 13.2 Å². The van der Waals surface area contributed by atoms with Gasteiger partial charge in [0, 0.05) is 6.20 Å². The van der Waals surface area contributed by atoms with Crippen molar-refractivity contribution in [3.05, 3.63) is 18.0 Å². The molecule has 0 bridgehead atoms. The fraction of sp³-hybridized carbons (Fsp3) is 0.625. The van der Waals surface area contributed by atoms with E-state index in [1.807, 2.05) is 0 Å². The molecule has 0 radical (unpaired) electrons. The molecule has 0 amide bonds. The molecule has 2 atom stereocenters. The summed E-state index contributed by atoms with van der Waals surface area (Å²) in [6, 6.07) is 0.421. The second-order valence-electron chi connectivity index (χ2n) is 3.16. The maximum Gasteiger partial charge on any atom is 0.435 e. The summed E-state index contributed by atoms with van der Waals surface area (Å²) in [5.74, 6) is 0. The van der Waals surface area contributed by atoms with Gasteiger partial charge in [-0.15, -0.1) is 0 Å². The molecule has 6 heteroatoms. The minimum Gasteiger partial charge on any atom is -0.391 e. The van der Waals surface area contributed by atoms with Crippen molar-refractivity contribution in [2.45, 2.75) is 32.2 Å². The number of halogens is 3. The highest BCUT2D eigenvalue weighted by Gasteiger charge is 2.34. The van der Waals surface area contributed by atoms with Crippen LogP contribution in [0.25, 0.3) is 0 Å². The summed E-state index contributed by atoms with van der Waals surface area (Å²) in [4.78, 5) is 0. The van der Waals surface area contributed by atoms with Crippen LogP contribution in [0.3, 0.4) is 0 Å². The molecular formula is C8H11F3N2O. The zero-order chi connectivity index (χ0) is 10.9. The van der Waals surface area contributed by atoms with Gasteiger partial charge in [-0.3, -0.25) is 4.68 Å². The number of aromatic nitrogens is 2. The van der Waals surface area contributed by atoms with Crippen molar-refractivity contribution in [2.24, 2.45) is 0 Å². The molecule has 0 aliphatic rings. The van der Waals surface area contributed by atoms with Gasteiger partial charge in [0.1, 0.15) is 0 Å². The number of aliphatic hydroxyl groups excluding tert-OH is 1. The fourth-order valence-electron chi connectivity index (χ4n) is 0.937. The van der Waals surface area contributed by atoms with Gasteiger partial charge in [-0.05, 0) is 19.9 Å². The number of alkyl halides is 3. The average Bonchev–Trinajstić information content (AvgIpc) is 2.49. The van der Waals surface area contributed by atoms with Crippen LogP contribution in [0.5, 0.6) is 0 Å². The highest BCUT2D eigenvalue weighted by molar-refractivity contribution is 5.03. The summed E-state index contributed by atoms with van der Waals surface area (Å²) in [7, 11) is 0. The SMILES string of the molecule is CC(O)C(C)n1ccc(C(F)(F)F)n1. The molecule has 80 valence electrons. The fourth-order valence-corrected chi connectivity index (χ4v) is 0.937. The Morgan fingerprint density at radius 2 is 2.00 bits per heavy atom. The van der Waals surface area contributed by atoms with Crippen molar-refractivity contribution in [3.63, 3.8) is 0 Å². The molecule has 1 aromatic heterocycles. The average molecular weight is 208 g/mol. The number of hydrogen-bond acceptors (Lipinski definition) is 2. The van der Waals surface area contributed by atoms with Gasteiger partial charge in [0.25, 0.3) is 0 Å². The smallest absolute Gasteiger partial charge is 0.391 e. The van der Waals surface area contributed by atoms with Crippen molar-refractivity contribution in [2.75, 3.05) is 0 Å². The van der Waals surface area contributed by atoms with Crippen LogP contribution >= 0.6 is 0 Å². The molecule has 3 nitrogen and oxygen atoms in total. The van der Waals surface area contributed by atoms with Crippen molar-refractivity contribution < 1.29 is 18.3 Å². The van der Waals surface area contributed by atoms with Gasteiger partial charge in [0.2, 0.25) is 0 Å². The summed E-state index contributed by atoms with van der Waals surface area (Å²) in [6.07, 6.45) is -3.96. The second kappa shape index (κ2) is 3.61. The van der Waals surface area contributed by atoms with E-state index in [9.17, 15) is 13.2 Å². The van der Waals surface area contributed by atoms with Crippen molar-refractivity contribution in [1.82, 2.24) is 9.78 Å². The van der Waals surface area contributed by atoms with Crippen LogP contribution in [0.2, 0.25) is 0 Å². The lowest BCUT2D eigenvalue weighted by Crippen LogP contribution is -2.19. The lowest BCUT2D eigenvalue weighted by Gasteiger charge is -2.14. The summed E-state index contributed by atoms with van der Waals surface area (Å²) in [6.45, 7) is 3.09. The predicted octanol–water partition coefficient (Wildman–Crippen LogP) is 1.84. The summed E-state index contributed by atoms with van der Waals surface area (Å²) >= 11 is 0. The number of nitrogens with zero attached hydrogens (tertiary/aromatic N) is 2. The first kappa shape index (κ1) is 11.0. The molecule has 0 saturated heterocycles. The Bertz CT molecular complexity index is 306. The summed E-state index contributed by atoms with van der Waals surface area (Å²) < 4.78 is 37.5. The van der Waals surface area contributed by atoms with E-state index in [1.165, 1.54) is 13.1 Å². The summed E-state index contributed by atoms with van der Waals surface area (Å²) in [5, 5.41) is 12.5. The molecule has 1 heterocycles. The lowest BCUT2D eigenvalue weighted by atomic mass is 10.2. The van der Waals surface area contributed by atoms with Crippen LogP contribution in [0.1, 0.15) is 25.6 Å². The standard InChI is InChI=1S/C8H11F3N2O/c1-5(6(2)14)13-4-3-7(12-13)8(9,10)11/h3-6,14H,1-2H3. The molecular weight excluding hydrogens is 197 g/mol. The van der Waals surface area contributed by atoms with Gasteiger partial charge in [-0.1, -0.05) is 0 Å². The summed E-state index contributed by atoms with van der Waals surface area (Å²) in [5.41, 5.74) is -0.940. The molecule has 2 unspecified atom stereocenters. The molecule has 0 aliphatic heterocycles. The van der Waals surface area contributed by atoms with E-state index in [4.69, 9.17) is 5.11 Å². The Morgan fingerprint density at radius 1 is 1.43 bits per heavy atom. The van der Waals surface area contributed by atoms with Crippen LogP contribution in [0.15, 0.2) is 12.3 Å². The van der Waals surface area contributed by atoms with E-state index < -0.39 is 24.0 Å². The molecule has 0 spiro atoms. The Kier molecular flexibility index (Phi) is 2.84. The maximum atomic E-state index is 12.1. The first-order valence-corrected chi connectivity index (χ1v) is 4.13. The van der Waals surface area contributed by atoms with E-state index in [0.717, 1.165) is 10.7 Å². The van der Waals surface area contributed by atoms with E-state index >= 15 is 0 Å². The Hall–Kier alpha value is -1.04. The predicted molar refractivity (Wildman–Crippen MR) is 43.6 cm³/mol. The maximum absolute atomic E-state index is 12.1. The second-order valence-corrected chi connectivity index (χ2v) is 3.16. The third-order valence-electron chi connectivity index (χ3n) is 2.01. The third-order valence-corrected chi connectivity index (χ3v) is 2.01. The number of hydrogen-bond donors (Lipinski definition) is 1. The quantitative estimate of drug-likeness (QED) is 0.805. The van der Waals surface area contributed by atoms with Crippen LogP contribution < -0.4 is 0 Å². The largest absolute Gasteiger partial charge is 0.435 e. The van der Waals surface area contributed by atoms with E-state index in [1.54, 1.807) is 6.92 Å². The minimum absolute atomic E-state index is 0.467. The zero-order valence-electron chi connectivity index (χ0n) is 7.78. The van der Waals surface area contributed by atoms with Crippen LogP contribution in [-0.4, -0.2) is 21.0 Å². The zero-order valence-corrected chi connectivity index (χ0v) is 7.78. The normalized spacial score (nSPS) is 16.7. The molecule has 0 saturated carbocycles. The van der Waals surface area contributed by atoms with Gasteiger partial charge in [0.05, 0.1) is 12.1 Å². The van der Waals surface area contributed by atoms with Crippen molar-refractivity contribution in [3.8, 4) is 0 Å². The third kappa shape index (κ3) is 2.25. The molecule has 0 aliphatic carbocycles. The first-order chi connectivity index (χ1) is 6.32. The van der Waals surface area contributed by atoms with Crippen molar-refractivity contribution >= 4 is 0 Å². The first-order valence-electron chi connectivity index (χ1n) is 4.13. The van der Waals surface area contributed by atoms with Gasteiger partial charge in [-0.2, -0.15) is 18.3 Å². The van der Waals surface area contributed by atoms with Crippen molar-refractivity contribution in [1.29, 1.82) is 0 Å². The van der Waals surface area contributed by atoms with Crippen LogP contribution in [0, 0.1) is 0 Å². The van der Waals surface area contributed by atoms with Gasteiger partial charge in [0.15, 0.2) is 5.69 Å². The highest BCUT2D eigenvalue weighted by atomic mass is 19.4. The molecule has 0 aromatic carbocycles. The van der Waals surface area contributed by atoms with Gasteiger partial charge in [-0.25, -0.2) is 0 Å². The molecule has 0 fully saturated rings. The minimum atomic E-state index is -4.43. The highest BCUT2D eigenvalue weighted by Crippen LogP contribution is 2.28. The van der Waals surface area contributed by atoms with E-state index in [0.29, 0.717) is 0 Å². The topological polar surface area (TPSA) is 38.0 Å². The molecule has 1 N–H and O–H groups in total. The lowest BCUT2D eigenvalue weighted by molar-refractivity contribution is -0.141. The molecule has 1 aromatic rings. The Morgan fingerprint density at radius 3 is 2.36 bits per heavy atom. The number of aliphatic hydroxyl groups is 1. The Balaban J connectivity index is 2.89. The van der Waals surface area contributed by atoms with Crippen LogP contribution in [-0.2, 0) is 6.18 Å². The van der Waals surface area contributed by atoms with E-state index in [2.05, 4.69) is 5.10 Å². The van der Waals surface area contributed by atoms with E-state index in [-0.39, 0.29) is 0 Å². The van der Waals surface area contributed by atoms with Gasteiger partial charge < -0.3 is 5.11 Å². The number of rotatable bonds is 2. The monoisotopic (exact) mass is 208 g/mol. The molecule has 14 heavy (non-hydrogen) atoms. The Labute approximate surface area is 79.2 Å². The molecule has 1 rings (SSSR count).